The molecule has 2 aliphatic rings. The third-order valence-corrected chi connectivity index (χ3v) is 9.20. The van der Waals surface area contributed by atoms with E-state index in [0.29, 0.717) is 46.0 Å². The number of likely N-dealkylation sites (tertiary alicyclic amines) is 1. The summed E-state index contributed by atoms with van der Waals surface area (Å²) in [6.45, 7) is 8.25. The first kappa shape index (κ1) is 34.5. The molecule has 2 fully saturated rings. The number of benzene rings is 1. The van der Waals surface area contributed by atoms with Crippen molar-refractivity contribution in [2.45, 2.75) is 90.0 Å². The molecule has 0 bridgehead atoms. The average Bonchev–Trinajstić information content (AvgIpc) is 3.67. The molecule has 14 heteroatoms. The molecule has 6 rings (SSSR count). The van der Waals surface area contributed by atoms with Gasteiger partial charge in [0.05, 0.1) is 31.0 Å². The van der Waals surface area contributed by atoms with Gasteiger partial charge in [0.2, 0.25) is 0 Å². The van der Waals surface area contributed by atoms with E-state index in [2.05, 4.69) is 5.32 Å². The standard InChI is InChI=1S/C35H41F4N5O5/c1-19-29(27-11-21-9-10-23(34(5,47)35(37,38)39)13-26(21)43(27)15-20-7-8-20)41-44-16-22(12-28(48-6)30(19)44)31(45)42-17-24(36)14-25(18-42)40-32(46)49-33(2,3)4/h9-13,16,20,24-25,47H,7-8,14-15,17-18H2,1-6H3,(H,40,46)/t24-,25-,34?/m1/s1. The molecular weight excluding hydrogens is 646 g/mol. The van der Waals surface area contributed by atoms with E-state index in [1.54, 1.807) is 39.1 Å². The minimum Gasteiger partial charge on any atom is -0.494 e. The van der Waals surface area contributed by atoms with Gasteiger partial charge in [-0.15, -0.1) is 0 Å². The van der Waals surface area contributed by atoms with Crippen LogP contribution in [0.15, 0.2) is 36.5 Å². The molecule has 0 radical (unpaired) electrons. The second-order valence-electron chi connectivity index (χ2n) is 14.4. The van der Waals surface area contributed by atoms with Crippen LogP contribution >= 0.6 is 0 Å². The van der Waals surface area contributed by atoms with Crippen LogP contribution in [0.4, 0.5) is 22.4 Å². The maximum absolute atomic E-state index is 14.9. The first-order chi connectivity index (χ1) is 22.9. The largest absolute Gasteiger partial charge is 0.494 e. The normalized spacial score (nSPS) is 20.0. The zero-order valence-electron chi connectivity index (χ0n) is 28.3. The molecule has 49 heavy (non-hydrogen) atoms. The number of aromatic nitrogens is 3. The van der Waals surface area contributed by atoms with Gasteiger partial charge in [0, 0.05) is 42.2 Å². The van der Waals surface area contributed by atoms with Crippen LogP contribution in [0.25, 0.3) is 27.8 Å². The van der Waals surface area contributed by atoms with Gasteiger partial charge in [0.25, 0.3) is 5.91 Å². The summed E-state index contributed by atoms with van der Waals surface area (Å²) in [6.07, 6.45) is -3.35. The Balaban J connectivity index is 1.37. The number of nitrogens with one attached hydrogen (secondary N) is 1. The number of nitrogens with zero attached hydrogens (tertiary/aromatic N) is 4. The number of carbonyl (C=O) groups is 2. The first-order valence-corrected chi connectivity index (χ1v) is 16.3. The number of pyridine rings is 1. The third-order valence-electron chi connectivity index (χ3n) is 9.20. The van der Waals surface area contributed by atoms with Crippen molar-refractivity contribution in [1.82, 2.24) is 24.4 Å². The van der Waals surface area contributed by atoms with Gasteiger partial charge in [-0.05, 0) is 77.1 Å². The van der Waals surface area contributed by atoms with Crippen LogP contribution in [-0.4, -0.2) is 80.4 Å². The summed E-state index contributed by atoms with van der Waals surface area (Å²) < 4.78 is 70.6. The summed E-state index contributed by atoms with van der Waals surface area (Å²) >= 11 is 0. The Labute approximate surface area is 280 Å². The lowest BCUT2D eigenvalue weighted by atomic mass is 9.94. The van der Waals surface area contributed by atoms with Crippen LogP contribution in [0.3, 0.4) is 0 Å². The Hall–Kier alpha value is -4.33. The molecule has 3 aromatic heterocycles. The molecule has 2 amide bonds. The van der Waals surface area contributed by atoms with E-state index in [1.165, 1.54) is 28.7 Å². The summed E-state index contributed by atoms with van der Waals surface area (Å²) in [5.74, 6) is 0.239. The summed E-state index contributed by atoms with van der Waals surface area (Å²) in [4.78, 5) is 27.5. The minimum absolute atomic E-state index is 0.0389. The molecule has 10 nitrogen and oxygen atoms in total. The number of aryl methyl sites for hydroxylation is 1. The van der Waals surface area contributed by atoms with Crippen molar-refractivity contribution in [2.24, 2.45) is 5.92 Å². The van der Waals surface area contributed by atoms with Gasteiger partial charge in [0.1, 0.15) is 28.7 Å². The fourth-order valence-corrected chi connectivity index (χ4v) is 6.44. The Morgan fingerprint density at radius 2 is 1.80 bits per heavy atom. The van der Waals surface area contributed by atoms with Gasteiger partial charge in [-0.3, -0.25) is 4.79 Å². The molecule has 1 unspecified atom stereocenters. The first-order valence-electron chi connectivity index (χ1n) is 16.3. The zero-order chi connectivity index (χ0) is 35.6. The number of aliphatic hydroxyl groups is 1. The molecule has 1 saturated carbocycles. The van der Waals surface area contributed by atoms with Crippen LogP contribution in [0.2, 0.25) is 0 Å². The fourth-order valence-electron chi connectivity index (χ4n) is 6.44. The third kappa shape index (κ3) is 6.79. The number of fused-ring (bicyclic) bond motifs is 2. The molecule has 264 valence electrons. The molecule has 0 spiro atoms. The van der Waals surface area contributed by atoms with Gasteiger partial charge in [-0.25, -0.2) is 13.7 Å². The van der Waals surface area contributed by atoms with Crippen LogP contribution in [0, 0.1) is 12.8 Å². The van der Waals surface area contributed by atoms with Crippen molar-refractivity contribution < 1.29 is 41.7 Å². The monoisotopic (exact) mass is 687 g/mol. The van der Waals surface area contributed by atoms with Crippen molar-refractivity contribution in [3.63, 3.8) is 0 Å². The maximum Gasteiger partial charge on any atom is 0.421 e. The summed E-state index contributed by atoms with van der Waals surface area (Å²) in [5.41, 5.74) is -0.757. The average molecular weight is 688 g/mol. The Morgan fingerprint density at radius 1 is 1.08 bits per heavy atom. The van der Waals surface area contributed by atoms with Crippen molar-refractivity contribution >= 4 is 28.4 Å². The molecular formula is C35H41F4N5O5. The molecule has 1 aliphatic heterocycles. The Bertz CT molecular complexity index is 1920. The summed E-state index contributed by atoms with van der Waals surface area (Å²) in [6, 6.07) is 7.03. The molecule has 2 N–H and O–H groups in total. The number of halogens is 4. The number of ether oxygens (including phenoxy) is 2. The van der Waals surface area contributed by atoms with E-state index in [9.17, 15) is 32.3 Å². The van der Waals surface area contributed by atoms with Crippen LogP contribution in [0.5, 0.6) is 5.75 Å². The number of methoxy groups -OCH3 is 1. The number of hydrogen-bond donors (Lipinski definition) is 2. The van der Waals surface area contributed by atoms with E-state index < -0.39 is 41.6 Å². The number of alkyl carbamates (subject to hydrolysis) is 1. The number of carbonyl (C=O) groups excluding carboxylic acids is 2. The second-order valence-corrected chi connectivity index (χ2v) is 14.4. The lowest BCUT2D eigenvalue weighted by Crippen LogP contribution is -2.54. The van der Waals surface area contributed by atoms with Crippen LogP contribution in [-0.2, 0) is 16.9 Å². The highest BCUT2D eigenvalue weighted by molar-refractivity contribution is 5.96. The predicted octanol–water partition coefficient (Wildman–Crippen LogP) is 6.53. The van der Waals surface area contributed by atoms with Crippen LogP contribution in [0.1, 0.15) is 68.4 Å². The quantitative estimate of drug-likeness (QED) is 0.214. The highest BCUT2D eigenvalue weighted by Crippen LogP contribution is 2.42. The van der Waals surface area contributed by atoms with Crippen molar-refractivity contribution in [3.05, 3.63) is 53.2 Å². The molecule has 1 aliphatic carbocycles. The minimum atomic E-state index is -4.86. The molecule has 3 atom stereocenters. The van der Waals surface area contributed by atoms with Crippen molar-refractivity contribution in [2.75, 3.05) is 20.2 Å². The summed E-state index contributed by atoms with van der Waals surface area (Å²) in [5, 5.41) is 18.6. The molecule has 4 heterocycles. The van der Waals surface area contributed by atoms with Gasteiger partial charge in [-0.1, -0.05) is 12.1 Å². The number of alkyl halides is 4. The second kappa shape index (κ2) is 12.2. The maximum atomic E-state index is 14.9. The highest BCUT2D eigenvalue weighted by Gasteiger charge is 2.51. The van der Waals surface area contributed by atoms with E-state index >= 15 is 0 Å². The fraction of sp³-hybridized carbons (Fsp3) is 0.514. The smallest absolute Gasteiger partial charge is 0.421 e. The van der Waals surface area contributed by atoms with Gasteiger partial charge < -0.3 is 29.4 Å². The van der Waals surface area contributed by atoms with Gasteiger partial charge in [-0.2, -0.15) is 18.3 Å². The Kier molecular flexibility index (Phi) is 8.61. The van der Waals surface area contributed by atoms with Gasteiger partial charge >= 0.3 is 12.3 Å². The highest BCUT2D eigenvalue weighted by atomic mass is 19.4. The lowest BCUT2D eigenvalue weighted by molar-refractivity contribution is -0.258. The number of hydrogen-bond acceptors (Lipinski definition) is 6. The van der Waals surface area contributed by atoms with E-state index in [4.69, 9.17) is 14.6 Å². The number of piperidine rings is 1. The van der Waals surface area contributed by atoms with Crippen LogP contribution < -0.4 is 10.1 Å². The van der Waals surface area contributed by atoms with E-state index in [0.717, 1.165) is 25.3 Å². The van der Waals surface area contributed by atoms with Crippen molar-refractivity contribution in [1.29, 1.82) is 0 Å². The van der Waals surface area contributed by atoms with E-state index in [1.807, 2.05) is 17.6 Å². The van der Waals surface area contributed by atoms with E-state index in [-0.39, 0.29) is 30.6 Å². The Morgan fingerprint density at radius 3 is 2.43 bits per heavy atom. The van der Waals surface area contributed by atoms with Gasteiger partial charge in [0.15, 0.2) is 5.60 Å². The number of amides is 2. The van der Waals surface area contributed by atoms with Crippen molar-refractivity contribution in [3.8, 4) is 17.1 Å². The molecule has 4 aromatic rings. The molecule has 1 saturated heterocycles. The SMILES string of the molecule is COc1cc(C(=O)N2C[C@H](F)C[C@@H](NC(=O)OC(C)(C)C)C2)cn2nc(-c3cc4ccc(C(C)(O)C(F)(F)F)cc4n3CC3CC3)c(C)c12. The summed E-state index contributed by atoms with van der Waals surface area (Å²) in [7, 11) is 1.47. The lowest BCUT2D eigenvalue weighted by Gasteiger charge is -2.35. The molecule has 1 aromatic carbocycles. The number of rotatable bonds is 7. The topological polar surface area (TPSA) is 110 Å². The zero-order valence-corrected chi connectivity index (χ0v) is 28.3. The predicted molar refractivity (Wildman–Crippen MR) is 174 cm³/mol.